The lowest BCUT2D eigenvalue weighted by molar-refractivity contribution is -0.153. The number of amides is 2. The number of likely N-dealkylation sites (N-methyl/N-ethyl adjacent to an activating group) is 1. The van der Waals surface area contributed by atoms with Gasteiger partial charge in [0.15, 0.2) is 11.4 Å². The number of fused-ring (bicyclic) bond motifs is 3. The molecular formula is C32H45Cl2N5O8. The predicted octanol–water partition coefficient (Wildman–Crippen LogP) is 1.93. The van der Waals surface area contributed by atoms with E-state index in [0.29, 0.717) is 23.6 Å². The summed E-state index contributed by atoms with van der Waals surface area (Å²) >= 11 is 0. The molecule has 5 atom stereocenters. The summed E-state index contributed by atoms with van der Waals surface area (Å²) in [7, 11) is 6.66. The number of halogens is 2. The van der Waals surface area contributed by atoms with Crippen LogP contribution >= 0.6 is 24.8 Å². The van der Waals surface area contributed by atoms with Crippen molar-refractivity contribution in [3.8, 4) is 5.75 Å². The number of carbonyl (C=O) groups is 4. The highest BCUT2D eigenvalue weighted by Gasteiger charge is 2.64. The van der Waals surface area contributed by atoms with Crippen molar-refractivity contribution in [1.29, 1.82) is 0 Å². The van der Waals surface area contributed by atoms with Crippen LogP contribution in [0.2, 0.25) is 0 Å². The van der Waals surface area contributed by atoms with Gasteiger partial charge in [-0.1, -0.05) is 13.8 Å². The number of nitrogens with one attached hydrogen (secondary N) is 1. The van der Waals surface area contributed by atoms with Gasteiger partial charge < -0.3 is 36.4 Å². The lowest BCUT2D eigenvalue weighted by Crippen LogP contribution is -2.65. The Hall–Kier alpha value is -3.36. The maximum Gasteiger partial charge on any atom is 0.255 e. The summed E-state index contributed by atoms with van der Waals surface area (Å²) in [6, 6.07) is 0.0848. The summed E-state index contributed by atoms with van der Waals surface area (Å²) in [6.07, 6.45) is 1.67. The number of ketones is 2. The number of phenols is 1. The van der Waals surface area contributed by atoms with Gasteiger partial charge in [-0.3, -0.25) is 29.0 Å². The molecule has 0 aromatic heterocycles. The molecule has 0 bridgehead atoms. The number of rotatable bonds is 7. The third kappa shape index (κ3) is 5.97. The second kappa shape index (κ2) is 13.6. The fraction of sp³-hybridized carbons (Fsp3) is 0.562. The lowest BCUT2D eigenvalue weighted by Gasteiger charge is -2.50. The van der Waals surface area contributed by atoms with Crippen molar-refractivity contribution in [2.24, 2.45) is 23.5 Å². The quantitative estimate of drug-likeness (QED) is 0.180. The average Bonchev–Trinajstić information content (AvgIpc) is 3.39. The van der Waals surface area contributed by atoms with E-state index >= 15 is 0 Å². The molecule has 1 unspecified atom stereocenters. The van der Waals surface area contributed by atoms with Crippen molar-refractivity contribution in [3.63, 3.8) is 0 Å². The number of aliphatic hydroxyl groups excluding tert-OH is 2. The van der Waals surface area contributed by atoms with Crippen LogP contribution in [0, 0.1) is 17.8 Å². The number of aliphatic hydroxyl groups is 3. The zero-order chi connectivity index (χ0) is 33.3. The first kappa shape index (κ1) is 38.1. The Bertz CT molecular complexity index is 1560. The molecule has 1 aliphatic heterocycles. The topological polar surface area (TPSA) is 197 Å². The van der Waals surface area contributed by atoms with E-state index in [1.54, 1.807) is 39.2 Å². The Morgan fingerprint density at radius 3 is 2.32 bits per heavy atom. The van der Waals surface area contributed by atoms with E-state index in [-0.39, 0.29) is 66.4 Å². The summed E-state index contributed by atoms with van der Waals surface area (Å²) in [6.45, 7) is 5.69. The highest BCUT2D eigenvalue weighted by molar-refractivity contribution is 6.24. The van der Waals surface area contributed by atoms with Gasteiger partial charge >= 0.3 is 0 Å². The molecule has 4 aliphatic rings. The minimum atomic E-state index is -2.72. The van der Waals surface area contributed by atoms with Gasteiger partial charge in [-0.05, 0) is 69.8 Å². The summed E-state index contributed by atoms with van der Waals surface area (Å²) in [5.74, 6) is -7.16. The van der Waals surface area contributed by atoms with E-state index in [2.05, 4.69) is 24.1 Å². The number of likely N-dealkylation sites (tertiary alicyclic amines) is 1. The smallest absolute Gasteiger partial charge is 0.255 e. The first-order valence-electron chi connectivity index (χ1n) is 15.3. The summed E-state index contributed by atoms with van der Waals surface area (Å²) in [5, 5.41) is 49.0. The van der Waals surface area contributed by atoms with Gasteiger partial charge in [-0.2, -0.15) is 0 Å². The van der Waals surface area contributed by atoms with E-state index < -0.39 is 63.8 Å². The minimum Gasteiger partial charge on any atom is -0.508 e. The molecule has 1 aromatic rings. The molecule has 1 aromatic carbocycles. The number of aromatic hydroxyl groups is 1. The molecule has 47 heavy (non-hydrogen) atoms. The predicted molar refractivity (Wildman–Crippen MR) is 181 cm³/mol. The number of nitrogens with zero attached hydrogens (tertiary/aromatic N) is 3. The zero-order valence-corrected chi connectivity index (χ0v) is 29.0. The molecule has 15 heteroatoms. The highest BCUT2D eigenvalue weighted by atomic mass is 35.5. The van der Waals surface area contributed by atoms with E-state index in [9.17, 15) is 39.6 Å². The van der Waals surface area contributed by atoms with E-state index in [4.69, 9.17) is 5.73 Å². The highest BCUT2D eigenvalue weighted by Crippen LogP contribution is 2.54. The van der Waals surface area contributed by atoms with Crippen LogP contribution < -0.4 is 16.0 Å². The van der Waals surface area contributed by atoms with Gasteiger partial charge in [-0.15, -0.1) is 24.8 Å². The molecule has 0 radical (unpaired) electrons. The van der Waals surface area contributed by atoms with Crippen molar-refractivity contribution in [2.75, 3.05) is 51.5 Å². The van der Waals surface area contributed by atoms with Crippen molar-refractivity contribution in [3.05, 3.63) is 34.1 Å². The molecular weight excluding hydrogens is 653 g/mol. The number of phenolic OH excluding ortho intramolecular Hbond substituents is 1. The Balaban J connectivity index is 0.00000300. The molecule has 3 aliphatic carbocycles. The number of carbonyl (C=O) groups excluding carboxylic acids is 4. The van der Waals surface area contributed by atoms with Gasteiger partial charge in [0.1, 0.15) is 22.8 Å². The number of Topliss-reactive ketones (excluding diaryl/α,β-unsaturated/α-hetero) is 2. The van der Waals surface area contributed by atoms with Gasteiger partial charge in [0, 0.05) is 37.8 Å². The van der Waals surface area contributed by atoms with E-state index in [1.165, 1.54) is 4.90 Å². The molecule has 1 saturated heterocycles. The maximum absolute atomic E-state index is 14.2. The molecule has 1 saturated carbocycles. The third-order valence-electron chi connectivity index (χ3n) is 9.70. The zero-order valence-electron chi connectivity index (χ0n) is 27.4. The van der Waals surface area contributed by atoms with Crippen LogP contribution in [0.25, 0.3) is 5.76 Å². The Kier molecular flexibility index (Phi) is 11.0. The maximum atomic E-state index is 14.2. The standard InChI is InChI=1S/C32H43N5O8.2ClH/c1-14(2)13-37-9-7-8-19(37)31(44)34-18-12-20(35(3)4)16-10-15-11-17-24(36(5)6)27(40)23(30(33)43)29(42)32(17,45)28(41)21(15)26(39)22(16)25(18)38;;/h12,14-15,17,19,24,38-39,42,45H,7-11,13H2,1-6H3,(H2,33,43)(H,34,44);2*1H/t15-,17-,19?,24-,32-;;/m0../s1. The van der Waals surface area contributed by atoms with Gasteiger partial charge in [0.2, 0.25) is 11.7 Å². The average molecular weight is 699 g/mol. The fourth-order valence-electron chi connectivity index (χ4n) is 7.81. The van der Waals surface area contributed by atoms with Crippen LogP contribution in [-0.4, -0.2) is 113 Å². The Morgan fingerprint density at radius 1 is 1.13 bits per heavy atom. The summed E-state index contributed by atoms with van der Waals surface area (Å²) in [4.78, 5) is 58.5. The summed E-state index contributed by atoms with van der Waals surface area (Å²) in [5.41, 5.74) is 2.66. The Morgan fingerprint density at radius 2 is 1.77 bits per heavy atom. The molecule has 2 fully saturated rings. The number of nitrogens with two attached hydrogens (primary N) is 1. The van der Waals surface area contributed by atoms with Gasteiger partial charge in [-0.25, -0.2) is 0 Å². The van der Waals surface area contributed by atoms with Crippen molar-refractivity contribution < 1.29 is 39.6 Å². The molecule has 7 N–H and O–H groups in total. The number of benzene rings is 1. The molecule has 260 valence electrons. The number of anilines is 2. The molecule has 0 spiro atoms. The van der Waals surface area contributed by atoms with Crippen LogP contribution in [-0.2, 0) is 25.6 Å². The molecule has 1 heterocycles. The first-order valence-corrected chi connectivity index (χ1v) is 15.3. The monoisotopic (exact) mass is 697 g/mol. The second-order valence-corrected chi connectivity index (χ2v) is 13.5. The second-order valence-electron chi connectivity index (χ2n) is 13.5. The first-order chi connectivity index (χ1) is 21.0. The normalized spacial score (nSPS) is 27.2. The van der Waals surface area contributed by atoms with Crippen LogP contribution in [0.1, 0.15) is 44.2 Å². The largest absolute Gasteiger partial charge is 0.508 e. The van der Waals surface area contributed by atoms with Crippen molar-refractivity contribution in [1.82, 2.24) is 9.80 Å². The van der Waals surface area contributed by atoms with Crippen LogP contribution in [0.4, 0.5) is 11.4 Å². The Labute approximate surface area is 286 Å². The molecule has 5 rings (SSSR count). The number of hydrogen-bond acceptors (Lipinski definition) is 11. The van der Waals surface area contributed by atoms with Crippen LogP contribution in [0.15, 0.2) is 23.0 Å². The van der Waals surface area contributed by atoms with Crippen LogP contribution in [0.5, 0.6) is 5.75 Å². The van der Waals surface area contributed by atoms with E-state index in [0.717, 1.165) is 19.5 Å². The SMILES string of the molecule is CC(C)CN1CCCC1C(=O)Nc1cc(N(C)C)c2c(c1O)C(O)=C1C(=O)[C@]3(O)C(O)=C(C(N)=O)C(=O)[C@@H](N(C)C)[C@@H]3C[C@@H]1C2.Cl.Cl. The molecule has 2 amide bonds. The fourth-order valence-corrected chi connectivity index (χ4v) is 7.81. The number of hydrogen-bond donors (Lipinski definition) is 6. The third-order valence-corrected chi connectivity index (χ3v) is 9.70. The van der Waals surface area contributed by atoms with Gasteiger partial charge in [0.05, 0.1) is 23.3 Å². The van der Waals surface area contributed by atoms with Crippen molar-refractivity contribution >= 4 is 65.3 Å². The minimum absolute atomic E-state index is 0. The lowest BCUT2D eigenvalue weighted by atomic mass is 9.57. The van der Waals surface area contributed by atoms with E-state index in [1.807, 2.05) is 0 Å². The molecule has 13 nitrogen and oxygen atoms in total. The van der Waals surface area contributed by atoms with Crippen molar-refractivity contribution in [2.45, 2.75) is 57.2 Å². The van der Waals surface area contributed by atoms with Crippen LogP contribution in [0.3, 0.4) is 0 Å². The summed E-state index contributed by atoms with van der Waals surface area (Å²) < 4.78 is 0. The van der Waals surface area contributed by atoms with Gasteiger partial charge in [0.25, 0.3) is 5.91 Å². The number of primary amides is 1.